The largest absolute Gasteiger partial charge is 0.494 e. The van der Waals surface area contributed by atoms with E-state index in [1.807, 2.05) is 18.2 Å². The summed E-state index contributed by atoms with van der Waals surface area (Å²) in [5.41, 5.74) is 0.162. The molecule has 0 spiro atoms. The van der Waals surface area contributed by atoms with Gasteiger partial charge in [-0.2, -0.15) is 0 Å². The topological polar surface area (TPSA) is 70.0 Å². The van der Waals surface area contributed by atoms with E-state index in [0.29, 0.717) is 0 Å². The maximum Gasteiger partial charge on any atom is 0.265 e. The van der Waals surface area contributed by atoms with Crippen molar-refractivity contribution in [2.45, 2.75) is 6.54 Å². The first kappa shape index (κ1) is 15.1. The fourth-order valence-corrected chi connectivity index (χ4v) is 2.33. The molecule has 0 aliphatic heterocycles. The molecule has 1 aromatic heterocycles. The zero-order valence-corrected chi connectivity index (χ0v) is 12.6. The van der Waals surface area contributed by atoms with Crippen molar-refractivity contribution in [2.75, 3.05) is 5.32 Å². The van der Waals surface area contributed by atoms with Crippen LogP contribution in [0.3, 0.4) is 0 Å². The number of H-pyrrole nitrogens is 1. The smallest absolute Gasteiger partial charge is 0.265 e. The third-order valence-electron chi connectivity index (χ3n) is 2.74. The molecule has 5 nitrogen and oxygen atoms in total. The summed E-state index contributed by atoms with van der Waals surface area (Å²) in [4.78, 5) is 14.6. The molecule has 0 aliphatic carbocycles. The summed E-state index contributed by atoms with van der Waals surface area (Å²) in [5.74, 6) is -0.280. The summed E-state index contributed by atoms with van der Waals surface area (Å²) in [6.07, 6.45) is 1.56. The highest BCUT2D eigenvalue weighted by molar-refractivity contribution is 7.81. The number of hydrogen-bond acceptors (Lipinski definition) is 4. The van der Waals surface area contributed by atoms with E-state index in [9.17, 15) is 9.90 Å². The Morgan fingerprint density at radius 1 is 1.43 bits per heavy atom. The Morgan fingerprint density at radius 3 is 2.71 bits per heavy atom. The summed E-state index contributed by atoms with van der Waals surface area (Å²) >= 11 is 10.2. The first-order chi connectivity index (χ1) is 10.0. The van der Waals surface area contributed by atoms with Gasteiger partial charge in [-0.25, -0.2) is 0 Å². The number of anilines is 1. The molecule has 1 heterocycles. The highest BCUT2D eigenvalue weighted by Crippen LogP contribution is 2.16. The number of rotatable bonds is 4. The average molecular weight is 319 g/mol. The minimum absolute atomic E-state index is 0.0238. The molecule has 0 unspecified atom stereocenters. The molecule has 0 amide bonds. The lowest BCUT2D eigenvalue weighted by atomic mass is 10.2. The van der Waals surface area contributed by atoms with Gasteiger partial charge in [-0.3, -0.25) is 14.3 Å². The van der Waals surface area contributed by atoms with Gasteiger partial charge in [-0.1, -0.05) is 36.5 Å². The number of para-hydroxylation sites is 1. The van der Waals surface area contributed by atoms with Crippen LogP contribution in [0.2, 0.25) is 0 Å². The molecular formula is C14H13N3O2S2. The van der Waals surface area contributed by atoms with E-state index in [4.69, 9.17) is 24.4 Å². The summed E-state index contributed by atoms with van der Waals surface area (Å²) in [5, 5.41) is 13.1. The number of benzene rings is 1. The SMILES string of the molecule is C=CCn1c(O)c(C(=S)Nc2ccccc2)c(=O)[nH]c1=S. The minimum Gasteiger partial charge on any atom is -0.494 e. The van der Waals surface area contributed by atoms with Crippen LogP contribution in [0.25, 0.3) is 0 Å². The molecular weight excluding hydrogens is 306 g/mol. The van der Waals surface area contributed by atoms with Crippen LogP contribution in [-0.4, -0.2) is 19.6 Å². The van der Waals surface area contributed by atoms with Crippen molar-refractivity contribution in [1.82, 2.24) is 9.55 Å². The lowest BCUT2D eigenvalue weighted by Gasteiger charge is -2.13. The van der Waals surface area contributed by atoms with Crippen molar-refractivity contribution < 1.29 is 5.11 Å². The number of aromatic amines is 1. The molecule has 0 bridgehead atoms. The van der Waals surface area contributed by atoms with Crippen LogP contribution in [0.5, 0.6) is 5.88 Å². The zero-order valence-electron chi connectivity index (χ0n) is 11.0. The second-order valence-electron chi connectivity index (χ2n) is 4.18. The minimum atomic E-state index is -0.536. The Bertz CT molecular complexity index is 794. The molecule has 0 saturated heterocycles. The molecule has 2 rings (SSSR count). The van der Waals surface area contributed by atoms with E-state index in [2.05, 4.69) is 16.9 Å². The van der Waals surface area contributed by atoms with E-state index in [-0.39, 0.29) is 27.7 Å². The lowest BCUT2D eigenvalue weighted by Crippen LogP contribution is -2.25. The third kappa shape index (κ3) is 3.26. The number of hydrogen-bond donors (Lipinski definition) is 3. The van der Waals surface area contributed by atoms with Gasteiger partial charge in [0, 0.05) is 12.2 Å². The van der Waals surface area contributed by atoms with E-state index >= 15 is 0 Å². The first-order valence-electron chi connectivity index (χ1n) is 6.08. The van der Waals surface area contributed by atoms with Crippen LogP contribution in [-0.2, 0) is 6.54 Å². The molecule has 0 atom stereocenters. The van der Waals surface area contributed by atoms with Crippen molar-refractivity contribution in [3.63, 3.8) is 0 Å². The summed E-state index contributed by atoms with van der Waals surface area (Å²) in [6, 6.07) is 9.13. The Hall–Kier alpha value is -2.25. The van der Waals surface area contributed by atoms with Crippen molar-refractivity contribution in [3.05, 3.63) is 63.7 Å². The fourth-order valence-electron chi connectivity index (χ4n) is 1.78. The van der Waals surface area contributed by atoms with Gasteiger partial charge in [0.15, 0.2) is 4.77 Å². The van der Waals surface area contributed by atoms with Gasteiger partial charge >= 0.3 is 0 Å². The van der Waals surface area contributed by atoms with E-state index in [1.54, 1.807) is 18.2 Å². The Balaban J connectivity index is 2.46. The quantitative estimate of drug-likeness (QED) is 0.597. The van der Waals surface area contributed by atoms with Gasteiger partial charge in [-0.05, 0) is 24.4 Å². The van der Waals surface area contributed by atoms with Gasteiger partial charge in [0.05, 0.1) is 0 Å². The van der Waals surface area contributed by atoms with E-state index in [0.717, 1.165) is 5.69 Å². The summed E-state index contributed by atoms with van der Waals surface area (Å²) in [7, 11) is 0. The van der Waals surface area contributed by atoms with Gasteiger partial charge in [0.25, 0.3) is 5.56 Å². The van der Waals surface area contributed by atoms with Gasteiger partial charge in [0.1, 0.15) is 10.6 Å². The summed E-state index contributed by atoms with van der Waals surface area (Å²) in [6.45, 7) is 3.85. The molecule has 7 heteroatoms. The molecule has 0 saturated carbocycles. The summed E-state index contributed by atoms with van der Waals surface area (Å²) < 4.78 is 1.46. The molecule has 3 N–H and O–H groups in total. The number of allylic oxidation sites excluding steroid dienone is 1. The van der Waals surface area contributed by atoms with Crippen molar-refractivity contribution in [1.29, 1.82) is 0 Å². The van der Waals surface area contributed by atoms with Crippen molar-refractivity contribution in [3.8, 4) is 5.88 Å². The standard InChI is InChI=1S/C14H13N3O2S2/c1-2-8-17-13(19)10(11(18)16-14(17)21)12(20)15-9-6-4-3-5-7-9/h2-7,19H,1,8H2,(H,15,20)(H,16,18,21). The van der Waals surface area contributed by atoms with Crippen LogP contribution in [0.1, 0.15) is 5.56 Å². The van der Waals surface area contributed by atoms with E-state index in [1.165, 1.54) is 4.57 Å². The van der Waals surface area contributed by atoms with Gasteiger partial charge in [0.2, 0.25) is 5.88 Å². The molecule has 1 aromatic carbocycles. The lowest BCUT2D eigenvalue weighted by molar-refractivity contribution is 0.413. The fraction of sp³-hybridized carbons (Fsp3) is 0.0714. The number of nitrogens with zero attached hydrogens (tertiary/aromatic N) is 1. The van der Waals surface area contributed by atoms with E-state index < -0.39 is 5.56 Å². The van der Waals surface area contributed by atoms with Crippen LogP contribution in [0.15, 0.2) is 47.8 Å². The highest BCUT2D eigenvalue weighted by atomic mass is 32.1. The molecule has 0 radical (unpaired) electrons. The number of aromatic nitrogens is 2. The highest BCUT2D eigenvalue weighted by Gasteiger charge is 2.16. The van der Waals surface area contributed by atoms with Crippen LogP contribution < -0.4 is 10.9 Å². The second kappa shape index (κ2) is 6.47. The third-order valence-corrected chi connectivity index (χ3v) is 3.37. The Morgan fingerprint density at radius 2 is 2.10 bits per heavy atom. The maximum absolute atomic E-state index is 12.0. The number of nitrogens with one attached hydrogen (secondary N) is 2. The number of aromatic hydroxyl groups is 1. The van der Waals surface area contributed by atoms with Crippen LogP contribution in [0, 0.1) is 4.77 Å². The van der Waals surface area contributed by atoms with Gasteiger partial charge < -0.3 is 10.4 Å². The normalized spacial score (nSPS) is 10.1. The zero-order chi connectivity index (χ0) is 15.4. The van der Waals surface area contributed by atoms with Crippen molar-refractivity contribution >= 4 is 35.1 Å². The Kier molecular flexibility index (Phi) is 4.66. The molecule has 108 valence electrons. The molecule has 0 fully saturated rings. The first-order valence-corrected chi connectivity index (χ1v) is 6.89. The second-order valence-corrected chi connectivity index (χ2v) is 4.97. The number of thiocarbonyl (C=S) groups is 1. The van der Waals surface area contributed by atoms with Gasteiger partial charge in [-0.15, -0.1) is 6.58 Å². The van der Waals surface area contributed by atoms with Crippen molar-refractivity contribution in [2.24, 2.45) is 0 Å². The monoisotopic (exact) mass is 319 g/mol. The van der Waals surface area contributed by atoms with Crippen LogP contribution >= 0.6 is 24.4 Å². The molecule has 2 aromatic rings. The predicted octanol–water partition coefficient (Wildman–Crippen LogP) is 2.59. The Labute approximate surface area is 131 Å². The predicted molar refractivity (Wildman–Crippen MR) is 89.5 cm³/mol. The molecule has 0 aliphatic rings. The van der Waals surface area contributed by atoms with Crippen LogP contribution in [0.4, 0.5) is 5.69 Å². The average Bonchev–Trinajstić information content (AvgIpc) is 2.44. The maximum atomic E-state index is 12.0. The molecule has 21 heavy (non-hydrogen) atoms.